The largest absolute Gasteiger partial charge is 0.494 e. The molecule has 0 bridgehead atoms. The van der Waals surface area contributed by atoms with E-state index in [0.29, 0.717) is 13.2 Å². The molecule has 1 heterocycles. The summed E-state index contributed by atoms with van der Waals surface area (Å²) in [7, 11) is 2.27. The van der Waals surface area contributed by atoms with Crippen LogP contribution >= 0.6 is 0 Å². The number of quaternary nitrogens is 1. The van der Waals surface area contributed by atoms with Crippen LogP contribution in [0.3, 0.4) is 0 Å². The lowest BCUT2D eigenvalue weighted by Crippen LogP contribution is -2.56. The molecule has 1 fully saturated rings. The molecule has 1 aromatic carbocycles. The Kier molecular flexibility index (Phi) is 7.99. The van der Waals surface area contributed by atoms with Crippen LogP contribution in [0.5, 0.6) is 5.75 Å². The molecule has 0 amide bonds. The van der Waals surface area contributed by atoms with E-state index in [1.54, 1.807) is 0 Å². The van der Waals surface area contributed by atoms with Crippen LogP contribution in [-0.2, 0) is 14.5 Å². The first-order valence-electron chi connectivity index (χ1n) is 9.12. The van der Waals surface area contributed by atoms with Crippen molar-refractivity contribution in [3.8, 4) is 5.75 Å². The fourth-order valence-corrected chi connectivity index (χ4v) is 2.98. The van der Waals surface area contributed by atoms with E-state index in [9.17, 15) is 0 Å². The zero-order valence-electron chi connectivity index (χ0n) is 15.3. The molecule has 0 N–H and O–H groups in total. The summed E-state index contributed by atoms with van der Waals surface area (Å²) in [5, 5.41) is 0. The van der Waals surface area contributed by atoms with Crippen molar-refractivity contribution in [3.05, 3.63) is 24.3 Å². The van der Waals surface area contributed by atoms with Crippen molar-refractivity contribution >= 4 is 5.69 Å². The molecule has 5 heteroatoms. The smallest absolute Gasteiger partial charge is 0.133 e. The van der Waals surface area contributed by atoms with E-state index in [4.69, 9.17) is 19.2 Å². The Balaban J connectivity index is 1.88. The van der Waals surface area contributed by atoms with Crippen LogP contribution in [0.1, 0.15) is 33.1 Å². The van der Waals surface area contributed by atoms with Crippen molar-refractivity contribution in [2.75, 3.05) is 46.6 Å². The third-order valence-electron chi connectivity index (χ3n) is 4.50. The molecule has 0 radical (unpaired) electrons. The second-order valence-electron chi connectivity index (χ2n) is 6.51. The van der Waals surface area contributed by atoms with Gasteiger partial charge in [0.15, 0.2) is 0 Å². The van der Waals surface area contributed by atoms with Crippen LogP contribution in [0.2, 0.25) is 0 Å². The molecule has 2 rings (SSSR count). The second-order valence-corrected chi connectivity index (χ2v) is 6.51. The second kappa shape index (κ2) is 9.99. The molecule has 5 nitrogen and oxygen atoms in total. The maximum Gasteiger partial charge on any atom is 0.133 e. The van der Waals surface area contributed by atoms with Gasteiger partial charge in [0.05, 0.1) is 33.5 Å². The minimum Gasteiger partial charge on any atom is -0.494 e. The number of morpholine rings is 1. The lowest BCUT2D eigenvalue weighted by molar-refractivity contribution is -0.294. The quantitative estimate of drug-likeness (QED) is 0.283. The van der Waals surface area contributed by atoms with Crippen LogP contribution < -0.4 is 9.22 Å². The number of benzene rings is 1. The first-order chi connectivity index (χ1) is 11.7. The minimum absolute atomic E-state index is 0.199. The summed E-state index contributed by atoms with van der Waals surface area (Å²) < 4.78 is 12.5. The van der Waals surface area contributed by atoms with E-state index < -0.39 is 0 Å². The maximum absolute atomic E-state index is 5.89. The van der Waals surface area contributed by atoms with Crippen molar-refractivity contribution < 1.29 is 19.2 Å². The molecular formula is C19H32NO4+. The molecule has 0 aromatic heterocycles. The first kappa shape index (κ1) is 19.2. The highest BCUT2D eigenvalue weighted by Crippen LogP contribution is 2.27. The number of unbranched alkanes of at least 4 members (excludes halogenated alkanes) is 1. The highest BCUT2D eigenvalue weighted by molar-refractivity contribution is 5.46. The zero-order valence-corrected chi connectivity index (χ0v) is 15.3. The summed E-state index contributed by atoms with van der Waals surface area (Å²) in [6.07, 6.45) is 3.30. The fourth-order valence-electron chi connectivity index (χ4n) is 2.98. The van der Waals surface area contributed by atoms with Crippen molar-refractivity contribution in [2.45, 2.75) is 39.2 Å². The molecule has 1 aliphatic heterocycles. The van der Waals surface area contributed by atoms with Gasteiger partial charge in [-0.05, 0) is 25.5 Å². The van der Waals surface area contributed by atoms with Crippen molar-refractivity contribution in [1.29, 1.82) is 0 Å². The summed E-state index contributed by atoms with van der Waals surface area (Å²) >= 11 is 0. The summed E-state index contributed by atoms with van der Waals surface area (Å²) in [5.74, 6) is 0.953. The number of rotatable bonds is 10. The SMILES string of the molecule is CCCCOc1ccc([N+]2(C)CCOC(CCOOCC)C2)cc1. The Bertz CT molecular complexity index is 465. The molecule has 2 atom stereocenters. The summed E-state index contributed by atoms with van der Waals surface area (Å²) in [6.45, 7) is 8.73. The average molecular weight is 338 g/mol. The van der Waals surface area contributed by atoms with Gasteiger partial charge in [0, 0.05) is 18.6 Å². The van der Waals surface area contributed by atoms with Gasteiger partial charge in [-0.3, -0.25) is 4.48 Å². The number of nitrogens with zero attached hydrogens (tertiary/aromatic N) is 1. The Morgan fingerprint density at radius 1 is 1.12 bits per heavy atom. The summed E-state index contributed by atoms with van der Waals surface area (Å²) in [5.41, 5.74) is 1.30. The van der Waals surface area contributed by atoms with Crippen molar-refractivity contribution in [1.82, 2.24) is 4.48 Å². The standard InChI is InChI=1S/C19H32NO4/c1-4-6-13-21-18-9-7-17(8-10-18)20(3)12-15-22-19(16-20)11-14-24-23-5-2/h7-10,19H,4-6,11-16H2,1-3H3/q+1. The lowest BCUT2D eigenvalue weighted by atomic mass is 10.1. The normalized spacial score (nSPS) is 24.0. The van der Waals surface area contributed by atoms with E-state index in [1.165, 1.54) is 5.69 Å². The van der Waals surface area contributed by atoms with Gasteiger partial charge in [-0.2, -0.15) is 0 Å². The van der Waals surface area contributed by atoms with Gasteiger partial charge in [0.1, 0.15) is 30.6 Å². The van der Waals surface area contributed by atoms with Gasteiger partial charge >= 0.3 is 0 Å². The predicted octanol–water partition coefficient (Wildman–Crippen LogP) is 3.56. The van der Waals surface area contributed by atoms with Crippen molar-refractivity contribution in [3.63, 3.8) is 0 Å². The van der Waals surface area contributed by atoms with Crippen molar-refractivity contribution in [2.24, 2.45) is 0 Å². The van der Waals surface area contributed by atoms with Gasteiger partial charge in [0.2, 0.25) is 0 Å². The molecule has 2 unspecified atom stereocenters. The molecular weight excluding hydrogens is 306 g/mol. The monoisotopic (exact) mass is 338 g/mol. The summed E-state index contributed by atoms with van der Waals surface area (Å²) in [6, 6.07) is 8.52. The Morgan fingerprint density at radius 3 is 2.62 bits per heavy atom. The predicted molar refractivity (Wildman–Crippen MR) is 96.2 cm³/mol. The third kappa shape index (κ3) is 5.74. The van der Waals surface area contributed by atoms with E-state index in [0.717, 1.165) is 55.8 Å². The van der Waals surface area contributed by atoms with Crippen LogP contribution in [0, 0.1) is 0 Å². The van der Waals surface area contributed by atoms with E-state index >= 15 is 0 Å². The highest BCUT2D eigenvalue weighted by atomic mass is 17.2. The van der Waals surface area contributed by atoms with Crippen LogP contribution in [0.25, 0.3) is 0 Å². The molecule has 24 heavy (non-hydrogen) atoms. The molecule has 0 aliphatic carbocycles. The van der Waals surface area contributed by atoms with E-state index in [-0.39, 0.29) is 6.10 Å². The van der Waals surface area contributed by atoms with Crippen LogP contribution in [0.15, 0.2) is 24.3 Å². The fraction of sp³-hybridized carbons (Fsp3) is 0.684. The first-order valence-corrected chi connectivity index (χ1v) is 9.12. The highest BCUT2D eigenvalue weighted by Gasteiger charge is 2.33. The van der Waals surface area contributed by atoms with Gasteiger partial charge in [-0.25, -0.2) is 9.78 Å². The molecule has 136 valence electrons. The number of ether oxygens (including phenoxy) is 2. The molecule has 0 saturated carbocycles. The van der Waals surface area contributed by atoms with Gasteiger partial charge < -0.3 is 9.47 Å². The Morgan fingerprint density at radius 2 is 1.92 bits per heavy atom. The van der Waals surface area contributed by atoms with Gasteiger partial charge in [0.25, 0.3) is 0 Å². The van der Waals surface area contributed by atoms with Crippen LogP contribution in [0.4, 0.5) is 5.69 Å². The third-order valence-corrected chi connectivity index (χ3v) is 4.50. The van der Waals surface area contributed by atoms with Crippen LogP contribution in [-0.4, -0.2) is 52.7 Å². The average Bonchev–Trinajstić information content (AvgIpc) is 2.60. The molecule has 0 spiro atoms. The lowest BCUT2D eigenvalue weighted by Gasteiger charge is -2.40. The molecule has 1 saturated heterocycles. The number of hydrogen-bond acceptors (Lipinski definition) is 4. The summed E-state index contributed by atoms with van der Waals surface area (Å²) in [4.78, 5) is 10.1. The maximum atomic E-state index is 5.89. The topological polar surface area (TPSA) is 36.9 Å². The van der Waals surface area contributed by atoms with E-state index in [1.807, 2.05) is 6.92 Å². The molecule has 1 aromatic rings. The molecule has 1 aliphatic rings. The van der Waals surface area contributed by atoms with E-state index in [2.05, 4.69) is 38.2 Å². The number of likely N-dealkylation sites (N-methyl/N-ethyl adjacent to an activating group) is 1. The number of hydrogen-bond donors (Lipinski definition) is 0. The van der Waals surface area contributed by atoms with Gasteiger partial charge in [-0.15, -0.1) is 0 Å². The minimum atomic E-state index is 0.199. The Hall–Kier alpha value is -1.14. The van der Waals surface area contributed by atoms with Gasteiger partial charge in [-0.1, -0.05) is 13.3 Å². The Labute approximate surface area is 146 Å². The zero-order chi connectivity index (χ0) is 17.3.